The fourth-order valence-corrected chi connectivity index (χ4v) is 3.06. The zero-order valence-corrected chi connectivity index (χ0v) is 15.8. The molecule has 3 atom stereocenters. The summed E-state index contributed by atoms with van der Waals surface area (Å²) in [5.41, 5.74) is 0. The highest BCUT2D eigenvalue weighted by Crippen LogP contribution is 2.23. The first-order valence-electron chi connectivity index (χ1n) is 9.35. The number of rotatable bonds is 8. The van der Waals surface area contributed by atoms with Crippen molar-refractivity contribution >= 4 is 11.9 Å². The second-order valence-corrected chi connectivity index (χ2v) is 6.70. The number of hydrogen-bond donors (Lipinski definition) is 1. The van der Waals surface area contributed by atoms with Crippen LogP contribution < -0.4 is 14.8 Å². The molecule has 26 heavy (non-hydrogen) atoms. The van der Waals surface area contributed by atoms with E-state index >= 15 is 0 Å². The minimum Gasteiger partial charge on any atom is -0.494 e. The molecule has 1 aliphatic carbocycles. The van der Waals surface area contributed by atoms with Crippen molar-refractivity contribution in [2.24, 2.45) is 5.92 Å². The summed E-state index contributed by atoms with van der Waals surface area (Å²) in [5, 5.41) is 2.99. The molecule has 1 saturated carbocycles. The Morgan fingerprint density at radius 1 is 1.12 bits per heavy atom. The average molecular weight is 363 g/mol. The minimum atomic E-state index is -0.833. The van der Waals surface area contributed by atoms with Gasteiger partial charge in [0, 0.05) is 6.04 Å². The monoisotopic (exact) mass is 363 g/mol. The van der Waals surface area contributed by atoms with E-state index in [1.54, 1.807) is 31.2 Å². The molecule has 0 heterocycles. The van der Waals surface area contributed by atoms with E-state index < -0.39 is 12.1 Å². The molecule has 0 aromatic heterocycles. The molecule has 0 unspecified atom stereocenters. The van der Waals surface area contributed by atoms with Gasteiger partial charge in [-0.2, -0.15) is 0 Å². The topological polar surface area (TPSA) is 73.9 Å². The number of esters is 1. The minimum absolute atomic E-state index is 0.164. The van der Waals surface area contributed by atoms with E-state index in [-0.39, 0.29) is 18.6 Å². The summed E-state index contributed by atoms with van der Waals surface area (Å²) in [7, 11) is 0. The molecule has 0 spiro atoms. The first kappa shape index (κ1) is 20.1. The van der Waals surface area contributed by atoms with Gasteiger partial charge in [0.2, 0.25) is 0 Å². The average Bonchev–Trinajstić information content (AvgIpc) is 2.63. The summed E-state index contributed by atoms with van der Waals surface area (Å²) < 4.78 is 15.9. The normalized spacial score (nSPS) is 20.7. The molecule has 6 nitrogen and oxygen atoms in total. The summed E-state index contributed by atoms with van der Waals surface area (Å²) in [6, 6.07) is 7.15. The van der Waals surface area contributed by atoms with Gasteiger partial charge in [0.15, 0.2) is 12.7 Å². The Balaban J connectivity index is 1.73. The van der Waals surface area contributed by atoms with Gasteiger partial charge >= 0.3 is 5.97 Å². The van der Waals surface area contributed by atoms with Crippen LogP contribution in [0.4, 0.5) is 0 Å². The Labute approximate surface area is 155 Å². The molecule has 0 saturated heterocycles. The van der Waals surface area contributed by atoms with Crippen molar-refractivity contribution in [2.75, 3.05) is 13.2 Å². The fraction of sp³-hybridized carbons (Fsp3) is 0.600. The van der Waals surface area contributed by atoms with Crippen LogP contribution in [-0.2, 0) is 14.3 Å². The number of carbonyl (C=O) groups excluding carboxylic acids is 2. The predicted molar refractivity (Wildman–Crippen MR) is 98.2 cm³/mol. The molecular weight excluding hydrogens is 334 g/mol. The highest BCUT2D eigenvalue weighted by Gasteiger charge is 2.26. The molecule has 0 bridgehead atoms. The summed E-state index contributed by atoms with van der Waals surface area (Å²) in [6.07, 6.45) is 3.60. The maximum atomic E-state index is 12.2. The van der Waals surface area contributed by atoms with Crippen molar-refractivity contribution in [3.8, 4) is 11.5 Å². The Hall–Kier alpha value is -2.24. The van der Waals surface area contributed by atoms with Gasteiger partial charge in [0.05, 0.1) is 6.61 Å². The van der Waals surface area contributed by atoms with Crippen molar-refractivity contribution in [3.05, 3.63) is 24.3 Å². The van der Waals surface area contributed by atoms with Crippen LogP contribution in [0.3, 0.4) is 0 Å². The van der Waals surface area contributed by atoms with Gasteiger partial charge in [0.25, 0.3) is 5.91 Å². The van der Waals surface area contributed by atoms with Crippen LogP contribution in [0.15, 0.2) is 24.3 Å². The molecule has 6 heteroatoms. The third kappa shape index (κ3) is 6.24. The first-order valence-corrected chi connectivity index (χ1v) is 9.35. The molecule has 1 N–H and O–H groups in total. The molecule has 1 aliphatic rings. The number of benzene rings is 1. The Bertz CT molecular complexity index is 586. The summed E-state index contributed by atoms with van der Waals surface area (Å²) >= 11 is 0. The van der Waals surface area contributed by atoms with Crippen molar-refractivity contribution in [1.82, 2.24) is 5.32 Å². The van der Waals surface area contributed by atoms with Gasteiger partial charge in [-0.1, -0.05) is 19.8 Å². The maximum absolute atomic E-state index is 12.2. The smallest absolute Gasteiger partial charge is 0.344 e. The summed E-state index contributed by atoms with van der Waals surface area (Å²) in [5.74, 6) is 0.915. The second-order valence-electron chi connectivity index (χ2n) is 6.70. The third-order valence-corrected chi connectivity index (χ3v) is 4.61. The summed E-state index contributed by atoms with van der Waals surface area (Å²) in [4.78, 5) is 24.1. The fourth-order valence-electron chi connectivity index (χ4n) is 3.06. The number of hydrogen-bond acceptors (Lipinski definition) is 5. The van der Waals surface area contributed by atoms with E-state index in [4.69, 9.17) is 14.2 Å². The van der Waals surface area contributed by atoms with Crippen LogP contribution in [0.5, 0.6) is 11.5 Å². The van der Waals surface area contributed by atoms with Crippen LogP contribution in [0, 0.1) is 5.92 Å². The van der Waals surface area contributed by atoms with Crippen molar-refractivity contribution < 1.29 is 23.8 Å². The zero-order chi connectivity index (χ0) is 18.9. The number of ether oxygens (including phenoxy) is 3. The van der Waals surface area contributed by atoms with E-state index in [0.29, 0.717) is 18.3 Å². The van der Waals surface area contributed by atoms with Crippen molar-refractivity contribution in [3.63, 3.8) is 0 Å². The Morgan fingerprint density at radius 2 is 1.73 bits per heavy atom. The Kier molecular flexibility index (Phi) is 7.75. The van der Waals surface area contributed by atoms with Crippen LogP contribution in [-0.4, -0.2) is 37.2 Å². The van der Waals surface area contributed by atoms with Gasteiger partial charge in [-0.25, -0.2) is 4.79 Å². The second kappa shape index (κ2) is 10.0. The van der Waals surface area contributed by atoms with Crippen LogP contribution >= 0.6 is 0 Å². The van der Waals surface area contributed by atoms with Gasteiger partial charge in [0.1, 0.15) is 11.5 Å². The molecule has 2 rings (SSSR count). The third-order valence-electron chi connectivity index (χ3n) is 4.61. The van der Waals surface area contributed by atoms with Gasteiger partial charge in [-0.05, 0) is 56.9 Å². The highest BCUT2D eigenvalue weighted by molar-refractivity contribution is 5.83. The standard InChI is InChI=1S/C20H29NO5/c1-4-24-16-9-11-17(12-10-16)25-13-19(22)26-15(3)20(23)21-18-8-6-5-7-14(18)2/h9-12,14-15,18H,4-8,13H2,1-3H3,(H,21,23)/t14-,15+,18-/m0/s1. The van der Waals surface area contributed by atoms with Gasteiger partial charge < -0.3 is 19.5 Å². The largest absolute Gasteiger partial charge is 0.494 e. The van der Waals surface area contributed by atoms with E-state index in [1.807, 2.05) is 6.92 Å². The number of carbonyl (C=O) groups is 2. The van der Waals surface area contributed by atoms with Gasteiger partial charge in [-0.15, -0.1) is 0 Å². The summed E-state index contributed by atoms with van der Waals surface area (Å²) in [6.45, 7) is 5.98. The molecule has 144 valence electrons. The van der Waals surface area contributed by atoms with Crippen molar-refractivity contribution in [1.29, 1.82) is 0 Å². The maximum Gasteiger partial charge on any atom is 0.344 e. The lowest BCUT2D eigenvalue weighted by Gasteiger charge is -2.30. The lowest BCUT2D eigenvalue weighted by atomic mass is 9.86. The van der Waals surface area contributed by atoms with Gasteiger partial charge in [-0.3, -0.25) is 4.79 Å². The predicted octanol–water partition coefficient (Wildman–Crippen LogP) is 3.09. The molecule has 0 aliphatic heterocycles. The van der Waals surface area contributed by atoms with Crippen LogP contribution in [0.2, 0.25) is 0 Å². The van der Waals surface area contributed by atoms with Crippen molar-refractivity contribution in [2.45, 2.75) is 58.6 Å². The lowest BCUT2D eigenvalue weighted by Crippen LogP contribution is -2.46. The van der Waals surface area contributed by atoms with Crippen LogP contribution in [0.1, 0.15) is 46.5 Å². The molecular formula is C20H29NO5. The molecule has 0 radical (unpaired) electrons. The molecule has 1 amide bonds. The van der Waals surface area contributed by atoms with E-state index in [1.165, 1.54) is 6.42 Å². The highest BCUT2D eigenvalue weighted by atomic mass is 16.6. The van der Waals surface area contributed by atoms with Crippen LogP contribution in [0.25, 0.3) is 0 Å². The van der Waals surface area contributed by atoms with E-state index in [9.17, 15) is 9.59 Å². The van der Waals surface area contributed by atoms with E-state index in [0.717, 1.165) is 25.0 Å². The SMILES string of the molecule is CCOc1ccc(OCC(=O)O[C@H](C)C(=O)N[C@H]2CCCC[C@@H]2C)cc1. The van der Waals surface area contributed by atoms with E-state index in [2.05, 4.69) is 12.2 Å². The molecule has 1 aromatic rings. The zero-order valence-electron chi connectivity index (χ0n) is 15.8. The quantitative estimate of drug-likeness (QED) is 0.719. The first-order chi connectivity index (χ1) is 12.5. The number of nitrogens with one attached hydrogen (secondary N) is 1. The molecule has 1 fully saturated rings. The molecule has 1 aromatic carbocycles. The number of amides is 1. The lowest BCUT2D eigenvalue weighted by molar-refractivity contribution is -0.157. The Morgan fingerprint density at radius 3 is 2.35 bits per heavy atom.